The van der Waals surface area contributed by atoms with Gasteiger partial charge in [0.05, 0.1) is 0 Å². The van der Waals surface area contributed by atoms with Crippen LogP contribution >= 0.6 is 11.8 Å². The molecule has 0 fully saturated rings. The van der Waals surface area contributed by atoms with E-state index in [9.17, 15) is 13.2 Å². The maximum absolute atomic E-state index is 12.0. The molecule has 6 heteroatoms. The molecule has 0 saturated heterocycles. The van der Waals surface area contributed by atoms with Gasteiger partial charge >= 0.3 is 6.18 Å². The Morgan fingerprint density at radius 3 is 2.56 bits per heavy atom. The van der Waals surface area contributed by atoms with Crippen LogP contribution in [0.15, 0.2) is 23.1 Å². The van der Waals surface area contributed by atoms with Crippen molar-refractivity contribution < 1.29 is 18.3 Å². The topological polar surface area (TPSA) is 46.2 Å². The fourth-order valence-corrected chi connectivity index (χ4v) is 1.98. The number of benzene rings is 1. The quantitative estimate of drug-likeness (QED) is 0.641. The molecule has 1 unspecified atom stereocenters. The Labute approximate surface area is 95.6 Å². The molecule has 1 aromatic carbocycles. The highest BCUT2D eigenvalue weighted by molar-refractivity contribution is 7.99. The predicted molar refractivity (Wildman–Crippen MR) is 58.4 cm³/mol. The Morgan fingerprint density at radius 2 is 2.06 bits per heavy atom. The fourth-order valence-electron chi connectivity index (χ4n) is 1.06. The van der Waals surface area contributed by atoms with Crippen molar-refractivity contribution in [3.05, 3.63) is 23.8 Å². The van der Waals surface area contributed by atoms with Gasteiger partial charge in [-0.2, -0.15) is 13.2 Å². The third-order valence-electron chi connectivity index (χ3n) is 1.94. The molecule has 0 aliphatic carbocycles. The molecule has 1 atom stereocenters. The largest absolute Gasteiger partial charge is 0.415 e. The number of halogens is 3. The van der Waals surface area contributed by atoms with E-state index in [1.165, 1.54) is 0 Å². The van der Waals surface area contributed by atoms with E-state index in [2.05, 4.69) is 0 Å². The van der Waals surface area contributed by atoms with Gasteiger partial charge in [-0.3, -0.25) is 0 Å². The number of hydrogen-bond acceptors (Lipinski definition) is 3. The SMILES string of the molecule is Cc1ccc(SCC(O)C(F)(F)F)c(N)c1. The van der Waals surface area contributed by atoms with Crippen molar-refractivity contribution in [2.24, 2.45) is 0 Å². The molecule has 0 aromatic heterocycles. The second-order valence-corrected chi connectivity index (χ2v) is 4.47. The number of alkyl halides is 3. The number of nitrogens with two attached hydrogens (primary N) is 1. The van der Waals surface area contributed by atoms with Crippen molar-refractivity contribution in [1.82, 2.24) is 0 Å². The van der Waals surface area contributed by atoms with Crippen LogP contribution < -0.4 is 5.73 Å². The minimum Gasteiger partial charge on any atom is -0.398 e. The molecule has 3 N–H and O–H groups in total. The van der Waals surface area contributed by atoms with Gasteiger partial charge in [-0.15, -0.1) is 11.8 Å². The normalized spacial score (nSPS) is 13.8. The van der Waals surface area contributed by atoms with Gasteiger partial charge in [-0.25, -0.2) is 0 Å². The first kappa shape index (κ1) is 13.2. The van der Waals surface area contributed by atoms with Crippen LogP contribution in [0.1, 0.15) is 5.56 Å². The second kappa shape index (κ2) is 4.97. The summed E-state index contributed by atoms with van der Waals surface area (Å²) in [4.78, 5) is 0.550. The van der Waals surface area contributed by atoms with Crippen LogP contribution in [0.5, 0.6) is 0 Å². The summed E-state index contributed by atoms with van der Waals surface area (Å²) in [6, 6.07) is 5.10. The summed E-state index contributed by atoms with van der Waals surface area (Å²) < 4.78 is 36.1. The Balaban J connectivity index is 2.62. The van der Waals surface area contributed by atoms with Gasteiger partial charge in [-0.1, -0.05) is 6.07 Å². The van der Waals surface area contributed by atoms with Crippen molar-refractivity contribution in [2.45, 2.75) is 24.1 Å². The van der Waals surface area contributed by atoms with Gasteiger partial charge in [0.15, 0.2) is 6.10 Å². The van der Waals surface area contributed by atoms with Crippen LogP contribution in [0.3, 0.4) is 0 Å². The molecule has 0 heterocycles. The summed E-state index contributed by atoms with van der Waals surface area (Å²) in [5, 5.41) is 8.81. The summed E-state index contributed by atoms with van der Waals surface area (Å²) in [5.74, 6) is -0.448. The number of rotatable bonds is 3. The maximum Gasteiger partial charge on any atom is 0.415 e. The summed E-state index contributed by atoms with van der Waals surface area (Å²) in [6.07, 6.45) is -6.90. The van der Waals surface area contributed by atoms with Gasteiger partial charge in [0.1, 0.15) is 0 Å². The average molecular weight is 251 g/mol. The van der Waals surface area contributed by atoms with Gasteiger partial charge in [0, 0.05) is 16.3 Å². The first-order valence-corrected chi connectivity index (χ1v) is 5.53. The van der Waals surface area contributed by atoms with Crippen molar-refractivity contribution in [3.63, 3.8) is 0 Å². The van der Waals surface area contributed by atoms with Crippen molar-refractivity contribution in [3.8, 4) is 0 Å². The number of aliphatic hydroxyl groups is 1. The molecule has 0 saturated carbocycles. The number of anilines is 1. The van der Waals surface area contributed by atoms with Crippen LogP contribution in [0.4, 0.5) is 18.9 Å². The smallest absolute Gasteiger partial charge is 0.398 e. The van der Waals surface area contributed by atoms with Crippen molar-refractivity contribution in [2.75, 3.05) is 11.5 Å². The van der Waals surface area contributed by atoms with Crippen molar-refractivity contribution >= 4 is 17.4 Å². The third kappa shape index (κ3) is 3.61. The van der Waals surface area contributed by atoms with Crippen LogP contribution in [0.2, 0.25) is 0 Å². The lowest BCUT2D eigenvalue weighted by molar-refractivity contribution is -0.195. The molecule has 0 amide bonds. The average Bonchev–Trinajstić information content (AvgIpc) is 2.14. The number of hydrogen-bond donors (Lipinski definition) is 2. The molecular formula is C10H12F3NOS. The van der Waals surface area contributed by atoms with E-state index in [1.54, 1.807) is 18.2 Å². The Kier molecular flexibility index (Phi) is 4.09. The van der Waals surface area contributed by atoms with Gasteiger partial charge in [-0.05, 0) is 24.6 Å². The molecule has 0 radical (unpaired) electrons. The minimum atomic E-state index is -4.58. The molecule has 1 aromatic rings. The van der Waals surface area contributed by atoms with E-state index < -0.39 is 18.0 Å². The lowest BCUT2D eigenvalue weighted by Gasteiger charge is -2.14. The highest BCUT2D eigenvalue weighted by Crippen LogP contribution is 2.30. The molecule has 90 valence electrons. The van der Waals surface area contributed by atoms with E-state index in [4.69, 9.17) is 10.8 Å². The summed E-state index contributed by atoms with van der Waals surface area (Å²) in [6.45, 7) is 1.84. The van der Waals surface area contributed by atoms with Gasteiger partial charge in [0.2, 0.25) is 0 Å². The molecule has 0 bridgehead atoms. The highest BCUT2D eigenvalue weighted by Gasteiger charge is 2.37. The van der Waals surface area contributed by atoms with Crippen molar-refractivity contribution in [1.29, 1.82) is 0 Å². The molecule has 1 rings (SSSR count). The number of thioether (sulfide) groups is 1. The molecule has 0 aliphatic heterocycles. The molecular weight excluding hydrogens is 239 g/mol. The minimum absolute atomic E-state index is 0.430. The van der Waals surface area contributed by atoms with Crippen LogP contribution in [0.25, 0.3) is 0 Å². The summed E-state index contributed by atoms with van der Waals surface area (Å²) in [5.41, 5.74) is 7.01. The lowest BCUT2D eigenvalue weighted by Crippen LogP contribution is -2.30. The standard InChI is InChI=1S/C10H12F3NOS/c1-6-2-3-8(7(14)4-6)16-5-9(15)10(11,12)13/h2-4,9,15H,5,14H2,1H3. The monoisotopic (exact) mass is 251 g/mol. The molecule has 0 spiro atoms. The number of aliphatic hydroxyl groups excluding tert-OH is 1. The zero-order chi connectivity index (χ0) is 12.3. The summed E-state index contributed by atoms with van der Waals surface area (Å²) >= 11 is 0.896. The lowest BCUT2D eigenvalue weighted by atomic mass is 10.2. The first-order chi connectivity index (χ1) is 7.30. The summed E-state index contributed by atoms with van der Waals surface area (Å²) in [7, 11) is 0. The molecule has 2 nitrogen and oxygen atoms in total. The first-order valence-electron chi connectivity index (χ1n) is 4.54. The third-order valence-corrected chi connectivity index (χ3v) is 3.11. The Bertz CT molecular complexity index is 368. The zero-order valence-corrected chi connectivity index (χ0v) is 9.40. The van der Waals surface area contributed by atoms with E-state index in [1.807, 2.05) is 6.92 Å². The second-order valence-electron chi connectivity index (χ2n) is 3.41. The number of aryl methyl sites for hydroxylation is 1. The molecule has 0 aliphatic rings. The molecule has 16 heavy (non-hydrogen) atoms. The van der Waals surface area contributed by atoms with Crippen LogP contribution in [-0.4, -0.2) is 23.1 Å². The van der Waals surface area contributed by atoms with E-state index >= 15 is 0 Å². The van der Waals surface area contributed by atoms with E-state index in [-0.39, 0.29) is 0 Å². The van der Waals surface area contributed by atoms with Crippen LogP contribution in [-0.2, 0) is 0 Å². The van der Waals surface area contributed by atoms with Crippen LogP contribution in [0, 0.1) is 6.92 Å². The Hall–Kier alpha value is -0.880. The Morgan fingerprint density at radius 1 is 1.44 bits per heavy atom. The van der Waals surface area contributed by atoms with Gasteiger partial charge in [0.25, 0.3) is 0 Å². The zero-order valence-electron chi connectivity index (χ0n) is 8.58. The highest BCUT2D eigenvalue weighted by atomic mass is 32.2. The fraction of sp³-hybridized carbons (Fsp3) is 0.400. The van der Waals surface area contributed by atoms with Gasteiger partial charge < -0.3 is 10.8 Å². The van der Waals surface area contributed by atoms with E-state index in [0.29, 0.717) is 10.6 Å². The predicted octanol–water partition coefficient (Wildman–Crippen LogP) is 2.59. The van der Waals surface area contributed by atoms with E-state index in [0.717, 1.165) is 17.3 Å². The number of nitrogen functional groups attached to an aromatic ring is 1. The maximum atomic E-state index is 12.0.